The van der Waals surface area contributed by atoms with Gasteiger partial charge in [0.1, 0.15) is 0 Å². The molecule has 0 fully saturated rings. The molecule has 1 N–H and O–H groups in total. The van der Waals surface area contributed by atoms with Gasteiger partial charge in [0.15, 0.2) is 0 Å². The Morgan fingerprint density at radius 3 is 2.04 bits per heavy atom. The fourth-order valence-corrected chi connectivity index (χ4v) is 3.31. The van der Waals surface area contributed by atoms with Crippen molar-refractivity contribution < 1.29 is 9.90 Å². The Kier molecular flexibility index (Phi) is 8.40. The third-order valence-corrected chi connectivity index (χ3v) is 5.13. The van der Waals surface area contributed by atoms with Crippen LogP contribution in [-0.4, -0.2) is 11.1 Å². The van der Waals surface area contributed by atoms with Crippen molar-refractivity contribution in [2.24, 2.45) is 0 Å². The molecular weight excluding hydrogens is 320 g/mol. The van der Waals surface area contributed by atoms with Crippen LogP contribution in [0.3, 0.4) is 0 Å². The first-order valence-corrected chi connectivity index (χ1v) is 10.0. The van der Waals surface area contributed by atoms with Gasteiger partial charge in [-0.1, -0.05) is 88.1 Å². The molecule has 2 nitrogen and oxygen atoms in total. The van der Waals surface area contributed by atoms with Crippen LogP contribution in [0, 0.1) is 0 Å². The third kappa shape index (κ3) is 6.67. The maximum atomic E-state index is 10.7. The molecule has 0 saturated heterocycles. The summed E-state index contributed by atoms with van der Waals surface area (Å²) in [4.78, 5) is 10.7. The molecule has 2 aromatic carbocycles. The summed E-state index contributed by atoms with van der Waals surface area (Å²) in [6.07, 6.45) is 8.69. The molecule has 0 spiro atoms. The number of aryl methyl sites for hydroxylation is 1. The summed E-state index contributed by atoms with van der Waals surface area (Å²) < 4.78 is 0. The van der Waals surface area contributed by atoms with Gasteiger partial charge in [-0.25, -0.2) is 0 Å². The van der Waals surface area contributed by atoms with E-state index in [2.05, 4.69) is 62.4 Å². The zero-order valence-corrected chi connectivity index (χ0v) is 16.2. The predicted octanol–water partition coefficient (Wildman–Crippen LogP) is 6.83. The quantitative estimate of drug-likeness (QED) is 0.450. The average molecular weight is 353 g/mol. The first kappa shape index (κ1) is 20.2. The lowest BCUT2D eigenvalue weighted by Crippen LogP contribution is -2.00. The van der Waals surface area contributed by atoms with Gasteiger partial charge in [-0.3, -0.25) is 4.79 Å². The molecule has 0 aliphatic heterocycles. The molecule has 0 aliphatic rings. The number of rotatable bonds is 11. The standard InChI is InChI=1S/C24H32O2/c1-3-4-5-6-7-8-20-10-12-22(13-11-20)23-16-14-21(15-17-23)19(2)9-18-24(25)26/h10-17,19H,3-9,18H2,1-2H3,(H,25,26). The molecular formula is C24H32O2. The highest BCUT2D eigenvalue weighted by molar-refractivity contribution is 5.67. The highest BCUT2D eigenvalue weighted by Gasteiger charge is 2.08. The molecule has 0 amide bonds. The molecule has 0 aliphatic carbocycles. The zero-order chi connectivity index (χ0) is 18.8. The van der Waals surface area contributed by atoms with Crippen molar-refractivity contribution in [1.29, 1.82) is 0 Å². The first-order valence-electron chi connectivity index (χ1n) is 10.0. The maximum Gasteiger partial charge on any atom is 0.303 e. The molecule has 1 unspecified atom stereocenters. The summed E-state index contributed by atoms with van der Waals surface area (Å²) in [6, 6.07) is 17.5. The van der Waals surface area contributed by atoms with Gasteiger partial charge >= 0.3 is 5.97 Å². The lowest BCUT2D eigenvalue weighted by atomic mass is 9.94. The summed E-state index contributed by atoms with van der Waals surface area (Å²) in [5.41, 5.74) is 5.08. The normalized spacial score (nSPS) is 12.1. The Hall–Kier alpha value is -2.09. The minimum atomic E-state index is -0.723. The number of carbonyl (C=O) groups is 1. The maximum absolute atomic E-state index is 10.7. The summed E-state index contributed by atoms with van der Waals surface area (Å²) in [5.74, 6) is -0.450. The molecule has 140 valence electrons. The van der Waals surface area contributed by atoms with E-state index in [-0.39, 0.29) is 12.3 Å². The van der Waals surface area contributed by atoms with Crippen LogP contribution < -0.4 is 0 Å². The summed E-state index contributed by atoms with van der Waals surface area (Å²) >= 11 is 0. The molecule has 0 heterocycles. The highest BCUT2D eigenvalue weighted by atomic mass is 16.4. The number of hydrogen-bond acceptors (Lipinski definition) is 1. The molecule has 0 bridgehead atoms. The predicted molar refractivity (Wildman–Crippen MR) is 110 cm³/mol. The van der Waals surface area contributed by atoms with E-state index in [0.717, 1.165) is 0 Å². The first-order chi connectivity index (χ1) is 12.6. The van der Waals surface area contributed by atoms with Crippen molar-refractivity contribution in [3.63, 3.8) is 0 Å². The van der Waals surface area contributed by atoms with Gasteiger partial charge < -0.3 is 5.11 Å². The Labute approximate surface area is 158 Å². The molecule has 1 atom stereocenters. The van der Waals surface area contributed by atoms with E-state index in [1.54, 1.807) is 0 Å². The minimum Gasteiger partial charge on any atom is -0.481 e. The van der Waals surface area contributed by atoms with Crippen LogP contribution in [0.1, 0.15) is 75.8 Å². The molecule has 0 aromatic heterocycles. The Bertz CT molecular complexity index is 656. The smallest absolute Gasteiger partial charge is 0.303 e. The van der Waals surface area contributed by atoms with Gasteiger partial charge in [-0.2, -0.15) is 0 Å². The van der Waals surface area contributed by atoms with Gasteiger partial charge in [0.25, 0.3) is 0 Å². The average Bonchev–Trinajstić information content (AvgIpc) is 2.66. The van der Waals surface area contributed by atoms with E-state index in [0.29, 0.717) is 6.42 Å². The van der Waals surface area contributed by atoms with E-state index in [1.807, 2.05) is 0 Å². The van der Waals surface area contributed by atoms with Crippen molar-refractivity contribution >= 4 is 5.97 Å². The Balaban J connectivity index is 1.89. The van der Waals surface area contributed by atoms with E-state index >= 15 is 0 Å². The van der Waals surface area contributed by atoms with Crippen molar-refractivity contribution in [2.45, 2.75) is 71.1 Å². The zero-order valence-electron chi connectivity index (χ0n) is 16.2. The van der Waals surface area contributed by atoms with Crippen LogP contribution in [0.15, 0.2) is 48.5 Å². The van der Waals surface area contributed by atoms with Crippen LogP contribution >= 0.6 is 0 Å². The summed E-state index contributed by atoms with van der Waals surface area (Å²) in [6.45, 7) is 4.34. The number of benzene rings is 2. The number of hydrogen-bond donors (Lipinski definition) is 1. The molecule has 2 aromatic rings. The number of aliphatic carboxylic acids is 1. The van der Waals surface area contributed by atoms with Gasteiger partial charge in [-0.05, 0) is 47.4 Å². The summed E-state index contributed by atoms with van der Waals surface area (Å²) in [5, 5.41) is 8.82. The molecule has 0 saturated carbocycles. The van der Waals surface area contributed by atoms with E-state index in [1.165, 1.54) is 60.8 Å². The van der Waals surface area contributed by atoms with Gasteiger partial charge in [0.2, 0.25) is 0 Å². The topological polar surface area (TPSA) is 37.3 Å². The molecule has 26 heavy (non-hydrogen) atoms. The number of unbranched alkanes of at least 4 members (excludes halogenated alkanes) is 4. The summed E-state index contributed by atoms with van der Waals surface area (Å²) in [7, 11) is 0. The number of carboxylic acids is 1. The Morgan fingerprint density at radius 2 is 1.46 bits per heavy atom. The Morgan fingerprint density at radius 1 is 0.885 bits per heavy atom. The molecule has 2 rings (SSSR count). The highest BCUT2D eigenvalue weighted by Crippen LogP contribution is 2.25. The fraction of sp³-hybridized carbons (Fsp3) is 0.458. The van der Waals surface area contributed by atoms with Crippen LogP contribution in [0.5, 0.6) is 0 Å². The van der Waals surface area contributed by atoms with Gasteiger partial charge in [0.05, 0.1) is 0 Å². The lowest BCUT2D eigenvalue weighted by molar-refractivity contribution is -0.137. The van der Waals surface area contributed by atoms with Gasteiger partial charge in [0, 0.05) is 6.42 Å². The van der Waals surface area contributed by atoms with Crippen molar-refractivity contribution in [1.82, 2.24) is 0 Å². The number of carboxylic acid groups (broad SMARTS) is 1. The van der Waals surface area contributed by atoms with E-state index < -0.39 is 5.97 Å². The van der Waals surface area contributed by atoms with Crippen LogP contribution in [0.2, 0.25) is 0 Å². The van der Waals surface area contributed by atoms with Gasteiger partial charge in [-0.15, -0.1) is 0 Å². The molecule has 2 heteroatoms. The van der Waals surface area contributed by atoms with Crippen molar-refractivity contribution in [3.05, 3.63) is 59.7 Å². The van der Waals surface area contributed by atoms with Crippen molar-refractivity contribution in [3.8, 4) is 11.1 Å². The SMILES string of the molecule is CCCCCCCc1ccc(-c2ccc(C(C)CCC(=O)O)cc2)cc1. The van der Waals surface area contributed by atoms with E-state index in [9.17, 15) is 4.79 Å². The largest absolute Gasteiger partial charge is 0.481 e. The van der Waals surface area contributed by atoms with E-state index in [4.69, 9.17) is 5.11 Å². The van der Waals surface area contributed by atoms with Crippen LogP contribution in [0.4, 0.5) is 0 Å². The fourth-order valence-electron chi connectivity index (χ4n) is 3.31. The lowest BCUT2D eigenvalue weighted by Gasteiger charge is -2.11. The van der Waals surface area contributed by atoms with Crippen LogP contribution in [-0.2, 0) is 11.2 Å². The third-order valence-electron chi connectivity index (χ3n) is 5.13. The second kappa shape index (κ2) is 10.8. The second-order valence-electron chi connectivity index (χ2n) is 7.32. The monoisotopic (exact) mass is 352 g/mol. The van der Waals surface area contributed by atoms with Crippen LogP contribution in [0.25, 0.3) is 11.1 Å². The molecule has 0 radical (unpaired) electrons. The second-order valence-corrected chi connectivity index (χ2v) is 7.32. The minimum absolute atomic E-state index is 0.225. The van der Waals surface area contributed by atoms with Crippen molar-refractivity contribution in [2.75, 3.05) is 0 Å².